The quantitative estimate of drug-likeness (QED) is 0.700. The first kappa shape index (κ1) is 16.9. The average Bonchev–Trinajstić information content (AvgIpc) is 2.20. The van der Waals surface area contributed by atoms with Crippen molar-refractivity contribution in [2.24, 2.45) is 5.92 Å². The maximum Gasteiger partial charge on any atom is 0.322 e. The minimum Gasteiger partial charge on any atom is -0.468 e. The Morgan fingerprint density at radius 3 is 2.17 bits per heavy atom. The Morgan fingerprint density at radius 2 is 1.78 bits per heavy atom. The third-order valence-corrected chi connectivity index (χ3v) is 2.22. The van der Waals surface area contributed by atoms with Crippen molar-refractivity contribution in [3.05, 3.63) is 0 Å². The molecule has 0 fully saturated rings. The molecule has 0 aromatic carbocycles. The summed E-state index contributed by atoms with van der Waals surface area (Å²) in [5, 5.41) is 5.77. The lowest BCUT2D eigenvalue weighted by Gasteiger charge is -2.22. The Bertz CT molecular complexity index is 282. The summed E-state index contributed by atoms with van der Waals surface area (Å²) in [4.78, 5) is 23.2. The first-order chi connectivity index (χ1) is 8.15. The van der Waals surface area contributed by atoms with E-state index in [4.69, 9.17) is 4.74 Å². The maximum atomic E-state index is 11.6. The van der Waals surface area contributed by atoms with Crippen molar-refractivity contribution in [3.63, 3.8) is 0 Å². The van der Waals surface area contributed by atoms with Crippen molar-refractivity contribution >= 4 is 11.9 Å². The monoisotopic (exact) mass is 258 g/mol. The molecule has 0 aliphatic rings. The Balaban J connectivity index is 4.26. The lowest BCUT2D eigenvalue weighted by Crippen LogP contribution is -2.48. The molecule has 0 aliphatic heterocycles. The summed E-state index contributed by atoms with van der Waals surface area (Å²) in [6.07, 6.45) is 0.648. The zero-order chi connectivity index (χ0) is 14.3. The van der Waals surface area contributed by atoms with Crippen molar-refractivity contribution in [3.8, 4) is 0 Å². The molecule has 18 heavy (non-hydrogen) atoms. The molecular weight excluding hydrogens is 232 g/mol. The van der Waals surface area contributed by atoms with E-state index in [0.29, 0.717) is 12.3 Å². The smallest absolute Gasteiger partial charge is 0.322 e. The van der Waals surface area contributed by atoms with Gasteiger partial charge in [-0.05, 0) is 33.1 Å². The van der Waals surface area contributed by atoms with Gasteiger partial charge in [-0.25, -0.2) is 0 Å². The van der Waals surface area contributed by atoms with Crippen molar-refractivity contribution in [2.45, 2.75) is 52.6 Å². The van der Waals surface area contributed by atoms with E-state index in [2.05, 4.69) is 10.6 Å². The van der Waals surface area contributed by atoms with Crippen LogP contribution < -0.4 is 10.6 Å². The fourth-order valence-electron chi connectivity index (χ4n) is 1.55. The van der Waals surface area contributed by atoms with Gasteiger partial charge in [0, 0.05) is 5.54 Å². The predicted octanol–water partition coefficient (Wildman–Crippen LogP) is 1.08. The molecule has 0 saturated carbocycles. The largest absolute Gasteiger partial charge is 0.468 e. The molecule has 1 unspecified atom stereocenters. The summed E-state index contributed by atoms with van der Waals surface area (Å²) in [6.45, 7) is 9.90. The first-order valence-electron chi connectivity index (χ1n) is 6.28. The van der Waals surface area contributed by atoms with E-state index >= 15 is 0 Å². The molecule has 0 heterocycles. The fraction of sp³-hybridized carbons (Fsp3) is 0.846. The Kier molecular flexibility index (Phi) is 6.91. The molecule has 0 aliphatic carbocycles. The molecule has 1 atom stereocenters. The van der Waals surface area contributed by atoms with E-state index < -0.39 is 6.04 Å². The minimum absolute atomic E-state index is 0.115. The van der Waals surface area contributed by atoms with E-state index in [9.17, 15) is 9.59 Å². The van der Waals surface area contributed by atoms with Gasteiger partial charge < -0.3 is 10.1 Å². The highest BCUT2D eigenvalue weighted by atomic mass is 16.5. The average molecular weight is 258 g/mol. The Hall–Kier alpha value is -1.10. The number of methoxy groups -OCH3 is 1. The lowest BCUT2D eigenvalue weighted by atomic mass is 10.0. The molecule has 0 radical (unpaired) electrons. The van der Waals surface area contributed by atoms with E-state index in [-0.39, 0.29) is 24.0 Å². The molecule has 1 amide bonds. The van der Waals surface area contributed by atoms with Crippen LogP contribution in [0, 0.1) is 5.92 Å². The summed E-state index contributed by atoms with van der Waals surface area (Å²) >= 11 is 0. The van der Waals surface area contributed by atoms with Gasteiger partial charge in [-0.15, -0.1) is 0 Å². The molecule has 0 aromatic rings. The number of rotatable bonds is 6. The summed E-state index contributed by atoms with van der Waals surface area (Å²) in [5.74, 6) is -0.0975. The predicted molar refractivity (Wildman–Crippen MR) is 71.2 cm³/mol. The van der Waals surface area contributed by atoms with Gasteiger partial charge in [-0.2, -0.15) is 0 Å². The van der Waals surface area contributed by atoms with Crippen molar-refractivity contribution in [1.29, 1.82) is 0 Å². The van der Waals surface area contributed by atoms with Gasteiger partial charge in [0.25, 0.3) is 0 Å². The number of carbonyl (C=O) groups is 2. The van der Waals surface area contributed by atoms with Crippen LogP contribution in [0.15, 0.2) is 0 Å². The van der Waals surface area contributed by atoms with E-state index in [1.165, 1.54) is 7.11 Å². The molecule has 0 bridgehead atoms. The molecule has 2 N–H and O–H groups in total. The van der Waals surface area contributed by atoms with Crippen LogP contribution >= 0.6 is 0 Å². The zero-order valence-electron chi connectivity index (χ0n) is 12.3. The molecule has 0 rings (SSSR count). The van der Waals surface area contributed by atoms with Crippen LogP contribution in [0.2, 0.25) is 0 Å². The van der Waals surface area contributed by atoms with Crippen LogP contribution in [0.4, 0.5) is 0 Å². The standard InChI is InChI=1S/C13H26N2O3/c1-9(2)7-10(12(17)18-6)14-8-11(16)15-13(3,4)5/h9-10,14H,7-8H2,1-6H3,(H,15,16). The van der Waals surface area contributed by atoms with Crippen LogP contribution in [-0.2, 0) is 14.3 Å². The van der Waals surface area contributed by atoms with Gasteiger partial charge in [0.1, 0.15) is 6.04 Å². The number of nitrogens with one attached hydrogen (secondary N) is 2. The number of hydrogen-bond donors (Lipinski definition) is 2. The van der Waals surface area contributed by atoms with E-state index in [0.717, 1.165) is 0 Å². The molecule has 0 spiro atoms. The van der Waals surface area contributed by atoms with Gasteiger partial charge in [-0.1, -0.05) is 13.8 Å². The van der Waals surface area contributed by atoms with E-state index in [1.54, 1.807) is 0 Å². The highest BCUT2D eigenvalue weighted by molar-refractivity contribution is 5.80. The second-order valence-corrected chi connectivity index (χ2v) is 5.88. The Labute approximate surface area is 110 Å². The van der Waals surface area contributed by atoms with Gasteiger partial charge in [0.2, 0.25) is 5.91 Å². The highest BCUT2D eigenvalue weighted by Crippen LogP contribution is 2.06. The normalized spacial score (nSPS) is 13.3. The third-order valence-electron chi connectivity index (χ3n) is 2.22. The van der Waals surface area contributed by atoms with Crippen LogP contribution in [-0.4, -0.2) is 37.1 Å². The van der Waals surface area contributed by atoms with Crippen molar-refractivity contribution < 1.29 is 14.3 Å². The minimum atomic E-state index is -0.430. The lowest BCUT2D eigenvalue weighted by molar-refractivity contribution is -0.143. The second kappa shape index (κ2) is 7.36. The highest BCUT2D eigenvalue weighted by Gasteiger charge is 2.21. The topological polar surface area (TPSA) is 67.4 Å². The van der Waals surface area contributed by atoms with Gasteiger partial charge in [0.05, 0.1) is 13.7 Å². The number of hydrogen-bond acceptors (Lipinski definition) is 4. The summed E-state index contributed by atoms with van der Waals surface area (Å²) < 4.78 is 4.71. The van der Waals surface area contributed by atoms with Crippen LogP contribution in [0.25, 0.3) is 0 Å². The van der Waals surface area contributed by atoms with Crippen LogP contribution in [0.1, 0.15) is 41.0 Å². The van der Waals surface area contributed by atoms with Crippen LogP contribution in [0.3, 0.4) is 0 Å². The second-order valence-electron chi connectivity index (χ2n) is 5.88. The fourth-order valence-corrected chi connectivity index (χ4v) is 1.55. The van der Waals surface area contributed by atoms with Crippen molar-refractivity contribution in [2.75, 3.05) is 13.7 Å². The van der Waals surface area contributed by atoms with Crippen molar-refractivity contribution in [1.82, 2.24) is 10.6 Å². The maximum absolute atomic E-state index is 11.6. The van der Waals surface area contributed by atoms with Crippen LogP contribution in [0.5, 0.6) is 0 Å². The number of amides is 1. The van der Waals surface area contributed by atoms with Gasteiger partial charge >= 0.3 is 5.97 Å². The van der Waals surface area contributed by atoms with Gasteiger partial charge in [0.15, 0.2) is 0 Å². The Morgan fingerprint density at radius 1 is 1.22 bits per heavy atom. The summed E-state index contributed by atoms with van der Waals surface area (Å²) in [7, 11) is 1.35. The molecule has 5 nitrogen and oxygen atoms in total. The first-order valence-corrected chi connectivity index (χ1v) is 6.28. The summed E-state index contributed by atoms with van der Waals surface area (Å²) in [5.41, 5.74) is -0.266. The van der Waals surface area contributed by atoms with Gasteiger partial charge in [-0.3, -0.25) is 14.9 Å². The molecule has 106 valence electrons. The number of carbonyl (C=O) groups excluding carboxylic acids is 2. The molecule has 5 heteroatoms. The third kappa shape index (κ3) is 8.06. The zero-order valence-corrected chi connectivity index (χ0v) is 12.3. The molecule has 0 aromatic heterocycles. The molecule has 0 saturated heterocycles. The molecular formula is C13H26N2O3. The van der Waals surface area contributed by atoms with E-state index in [1.807, 2.05) is 34.6 Å². The SMILES string of the molecule is COC(=O)C(CC(C)C)NCC(=O)NC(C)(C)C. The summed E-state index contributed by atoms with van der Waals surface area (Å²) in [6, 6.07) is -0.430. The number of esters is 1. The number of ether oxygens (including phenoxy) is 1.